The number of hydrogen-bond donors (Lipinski definition) is 2. The number of carbonyl (C=O) groups is 1. The molecule has 2 N–H and O–H groups in total. The van der Waals surface area contributed by atoms with Gasteiger partial charge in [0.2, 0.25) is 5.91 Å². The molecule has 0 fully saturated rings. The van der Waals surface area contributed by atoms with Crippen molar-refractivity contribution in [1.82, 2.24) is 5.32 Å². The molecule has 0 bridgehead atoms. The molecular formula is C17H26N2O. The average molecular weight is 274 g/mol. The fourth-order valence-corrected chi connectivity index (χ4v) is 2.85. The van der Waals surface area contributed by atoms with Crippen LogP contribution in [0.2, 0.25) is 0 Å². The monoisotopic (exact) mass is 274 g/mol. The van der Waals surface area contributed by atoms with Crippen molar-refractivity contribution in [2.75, 3.05) is 5.32 Å². The highest BCUT2D eigenvalue weighted by molar-refractivity contribution is 5.77. The Morgan fingerprint density at radius 2 is 2.20 bits per heavy atom. The van der Waals surface area contributed by atoms with Gasteiger partial charge in [-0.05, 0) is 38.3 Å². The first-order chi connectivity index (χ1) is 9.60. The number of rotatable bonds is 5. The Morgan fingerprint density at radius 1 is 1.40 bits per heavy atom. The van der Waals surface area contributed by atoms with E-state index in [1.807, 2.05) is 0 Å². The normalized spacial score (nSPS) is 20.9. The van der Waals surface area contributed by atoms with Crippen molar-refractivity contribution in [3.63, 3.8) is 0 Å². The van der Waals surface area contributed by atoms with E-state index < -0.39 is 0 Å². The van der Waals surface area contributed by atoms with Crippen molar-refractivity contribution in [3.05, 3.63) is 29.3 Å². The van der Waals surface area contributed by atoms with Crippen molar-refractivity contribution in [3.8, 4) is 0 Å². The van der Waals surface area contributed by atoms with Gasteiger partial charge in [0, 0.05) is 18.2 Å². The van der Waals surface area contributed by atoms with Crippen LogP contribution in [0.25, 0.3) is 0 Å². The lowest BCUT2D eigenvalue weighted by atomic mass is 9.92. The average Bonchev–Trinajstić information content (AvgIpc) is 2.40. The number of unbranched alkanes of at least 4 members (excludes halogenated alkanes) is 2. The molecule has 1 aliphatic heterocycles. The minimum absolute atomic E-state index is 0.148. The molecule has 0 saturated carbocycles. The molecule has 1 heterocycles. The molecule has 0 spiro atoms. The van der Waals surface area contributed by atoms with Crippen LogP contribution in [0.15, 0.2) is 18.2 Å². The quantitative estimate of drug-likeness (QED) is 0.799. The van der Waals surface area contributed by atoms with E-state index in [-0.39, 0.29) is 11.9 Å². The molecule has 0 radical (unpaired) electrons. The van der Waals surface area contributed by atoms with Crippen molar-refractivity contribution in [2.45, 2.75) is 65.0 Å². The molecular weight excluding hydrogens is 248 g/mol. The summed E-state index contributed by atoms with van der Waals surface area (Å²) in [5.74, 6) is 0.185. The lowest BCUT2D eigenvalue weighted by Crippen LogP contribution is -2.36. The fraction of sp³-hybridized carbons (Fsp3) is 0.588. The maximum absolute atomic E-state index is 12.1. The van der Waals surface area contributed by atoms with Crippen LogP contribution in [0.4, 0.5) is 5.69 Å². The second-order valence-corrected chi connectivity index (χ2v) is 5.95. The molecule has 1 aromatic rings. The molecule has 1 amide bonds. The van der Waals surface area contributed by atoms with Crippen LogP contribution in [0.3, 0.4) is 0 Å². The first-order valence-electron chi connectivity index (χ1n) is 7.76. The summed E-state index contributed by atoms with van der Waals surface area (Å²) in [6, 6.07) is 6.97. The topological polar surface area (TPSA) is 41.1 Å². The summed E-state index contributed by atoms with van der Waals surface area (Å²) >= 11 is 0. The van der Waals surface area contributed by atoms with Crippen LogP contribution in [0, 0.1) is 6.92 Å². The van der Waals surface area contributed by atoms with Gasteiger partial charge in [0.25, 0.3) is 0 Å². The third kappa shape index (κ3) is 3.75. The zero-order chi connectivity index (χ0) is 14.5. The van der Waals surface area contributed by atoms with Gasteiger partial charge in [-0.25, -0.2) is 0 Å². The highest BCUT2D eigenvalue weighted by atomic mass is 16.1. The molecule has 1 aromatic carbocycles. The SMILES string of the molecule is CCCCCC(=O)NC1CC(C)Nc2ccc(C)cc21. The molecule has 3 nitrogen and oxygen atoms in total. The first kappa shape index (κ1) is 14.9. The Morgan fingerprint density at radius 3 is 2.95 bits per heavy atom. The molecule has 20 heavy (non-hydrogen) atoms. The minimum atomic E-state index is 0.148. The third-order valence-corrected chi connectivity index (χ3v) is 3.92. The maximum Gasteiger partial charge on any atom is 0.220 e. The first-order valence-corrected chi connectivity index (χ1v) is 7.76. The molecule has 3 heteroatoms. The molecule has 0 aliphatic carbocycles. The van der Waals surface area contributed by atoms with Crippen LogP contribution in [0.1, 0.15) is 63.1 Å². The van der Waals surface area contributed by atoms with Crippen molar-refractivity contribution in [2.24, 2.45) is 0 Å². The summed E-state index contributed by atoms with van der Waals surface area (Å²) in [7, 11) is 0. The number of nitrogens with one attached hydrogen (secondary N) is 2. The number of hydrogen-bond acceptors (Lipinski definition) is 2. The number of amides is 1. The van der Waals surface area contributed by atoms with E-state index in [9.17, 15) is 4.79 Å². The van der Waals surface area contributed by atoms with Gasteiger partial charge in [0.05, 0.1) is 6.04 Å². The van der Waals surface area contributed by atoms with Gasteiger partial charge in [-0.2, -0.15) is 0 Å². The molecule has 2 rings (SSSR count). The highest BCUT2D eigenvalue weighted by Gasteiger charge is 2.25. The van der Waals surface area contributed by atoms with E-state index in [1.54, 1.807) is 0 Å². The summed E-state index contributed by atoms with van der Waals surface area (Å²) in [5, 5.41) is 6.70. The summed E-state index contributed by atoms with van der Waals surface area (Å²) < 4.78 is 0. The van der Waals surface area contributed by atoms with E-state index in [0.717, 1.165) is 31.4 Å². The lowest BCUT2D eigenvalue weighted by Gasteiger charge is -2.32. The fourth-order valence-electron chi connectivity index (χ4n) is 2.85. The van der Waals surface area contributed by atoms with Crippen LogP contribution in [-0.4, -0.2) is 11.9 Å². The van der Waals surface area contributed by atoms with E-state index in [0.29, 0.717) is 12.5 Å². The largest absolute Gasteiger partial charge is 0.382 e. The number of benzene rings is 1. The number of fused-ring (bicyclic) bond motifs is 1. The number of anilines is 1. The van der Waals surface area contributed by atoms with Crippen molar-refractivity contribution in [1.29, 1.82) is 0 Å². The molecule has 2 atom stereocenters. The minimum Gasteiger partial charge on any atom is -0.382 e. The zero-order valence-electron chi connectivity index (χ0n) is 12.8. The van der Waals surface area contributed by atoms with Gasteiger partial charge in [0.1, 0.15) is 0 Å². The standard InChI is InChI=1S/C17H26N2O/c1-4-5-6-7-17(20)19-16-11-13(3)18-15-9-8-12(2)10-14(15)16/h8-10,13,16,18H,4-7,11H2,1-3H3,(H,19,20). The van der Waals surface area contributed by atoms with Crippen LogP contribution >= 0.6 is 0 Å². The molecule has 1 aliphatic rings. The number of aryl methyl sites for hydroxylation is 1. The second kappa shape index (κ2) is 6.78. The summed E-state index contributed by atoms with van der Waals surface area (Å²) in [6.45, 7) is 6.42. The molecule has 0 aromatic heterocycles. The summed E-state index contributed by atoms with van der Waals surface area (Å²) in [4.78, 5) is 12.1. The summed E-state index contributed by atoms with van der Waals surface area (Å²) in [6.07, 6.45) is 4.87. The van der Waals surface area contributed by atoms with Gasteiger partial charge in [-0.15, -0.1) is 0 Å². The van der Waals surface area contributed by atoms with Crippen LogP contribution in [-0.2, 0) is 4.79 Å². The van der Waals surface area contributed by atoms with Gasteiger partial charge in [-0.3, -0.25) is 4.79 Å². The second-order valence-electron chi connectivity index (χ2n) is 5.95. The Labute approximate surface area is 122 Å². The van der Waals surface area contributed by atoms with Crippen LogP contribution < -0.4 is 10.6 Å². The Kier molecular flexibility index (Phi) is 5.05. The van der Waals surface area contributed by atoms with Gasteiger partial charge in [-0.1, -0.05) is 37.5 Å². The van der Waals surface area contributed by atoms with Gasteiger partial charge in [0.15, 0.2) is 0 Å². The molecule has 0 saturated heterocycles. The Hall–Kier alpha value is -1.51. The lowest BCUT2D eigenvalue weighted by molar-refractivity contribution is -0.122. The van der Waals surface area contributed by atoms with E-state index in [4.69, 9.17) is 0 Å². The zero-order valence-corrected chi connectivity index (χ0v) is 12.8. The van der Waals surface area contributed by atoms with E-state index in [2.05, 4.69) is 49.6 Å². The van der Waals surface area contributed by atoms with Gasteiger partial charge < -0.3 is 10.6 Å². The van der Waals surface area contributed by atoms with E-state index in [1.165, 1.54) is 11.1 Å². The third-order valence-electron chi connectivity index (χ3n) is 3.92. The van der Waals surface area contributed by atoms with E-state index >= 15 is 0 Å². The Bertz CT molecular complexity index is 470. The molecule has 2 unspecified atom stereocenters. The molecule has 110 valence electrons. The number of carbonyl (C=O) groups excluding carboxylic acids is 1. The Balaban J connectivity index is 2.05. The van der Waals surface area contributed by atoms with Gasteiger partial charge >= 0.3 is 0 Å². The smallest absolute Gasteiger partial charge is 0.220 e. The van der Waals surface area contributed by atoms with Crippen molar-refractivity contribution < 1.29 is 4.79 Å². The maximum atomic E-state index is 12.1. The summed E-state index contributed by atoms with van der Waals surface area (Å²) in [5.41, 5.74) is 3.63. The predicted octanol–water partition coefficient (Wildman–Crippen LogP) is 3.94. The highest BCUT2D eigenvalue weighted by Crippen LogP contribution is 2.33. The predicted molar refractivity (Wildman–Crippen MR) is 83.9 cm³/mol. The van der Waals surface area contributed by atoms with Crippen LogP contribution in [0.5, 0.6) is 0 Å². The van der Waals surface area contributed by atoms with Crippen molar-refractivity contribution >= 4 is 11.6 Å².